The van der Waals surface area contributed by atoms with Crippen LogP contribution in [0.5, 0.6) is 0 Å². The fraction of sp³-hybridized carbons (Fsp3) is 0.714. The van der Waals surface area contributed by atoms with Crippen LogP contribution in [0.15, 0.2) is 60.1 Å². The van der Waals surface area contributed by atoms with E-state index >= 15 is 0 Å². The highest BCUT2D eigenvalue weighted by Crippen LogP contribution is 2.72. The van der Waals surface area contributed by atoms with Crippen LogP contribution < -0.4 is 0 Å². The molecule has 0 radical (unpaired) electrons. The quantitative estimate of drug-likeness (QED) is 0.307. The summed E-state index contributed by atoms with van der Waals surface area (Å²) in [4.78, 5) is 0. The summed E-state index contributed by atoms with van der Waals surface area (Å²) in [6.45, 7) is 28.6. The van der Waals surface area contributed by atoms with Crippen LogP contribution in [0.2, 0.25) is 0 Å². The molecule has 1 aliphatic heterocycles. The molecule has 0 bridgehead atoms. The van der Waals surface area contributed by atoms with Crippen molar-refractivity contribution in [3.63, 3.8) is 0 Å². The highest BCUT2D eigenvalue weighted by Gasteiger charge is 2.62. The number of hydrogen-bond donors (Lipinski definition) is 3. The first-order chi connectivity index (χ1) is 18.3. The summed E-state index contributed by atoms with van der Waals surface area (Å²) < 4.78 is 5.99. The first-order valence-electron chi connectivity index (χ1n) is 15.3. The molecule has 4 rings (SSSR count). The molecule has 4 nitrogen and oxygen atoms in total. The molecule has 1 saturated carbocycles. The van der Waals surface area contributed by atoms with Gasteiger partial charge in [-0.3, -0.25) is 0 Å². The number of fused-ring (bicyclic) bond motifs is 2. The number of ether oxygens (including phenoxy) is 1. The van der Waals surface area contributed by atoms with Crippen molar-refractivity contribution in [3.8, 4) is 0 Å². The fourth-order valence-corrected chi connectivity index (χ4v) is 6.03. The van der Waals surface area contributed by atoms with E-state index < -0.39 is 0 Å². The third-order valence-electron chi connectivity index (χ3n) is 9.09. The molecule has 4 heteroatoms. The Morgan fingerprint density at radius 1 is 1.15 bits per heavy atom. The van der Waals surface area contributed by atoms with E-state index in [-0.39, 0.29) is 28.8 Å². The Labute approximate surface area is 241 Å². The molecule has 1 spiro atoms. The van der Waals surface area contributed by atoms with Gasteiger partial charge in [0.25, 0.3) is 0 Å². The SMILES string of the molecule is C=C(O)C(C)(C)CC.C=C1C=C2C=C[C@H](C)[C@H](C/C=C3\C[C@@H](O)CC(C)O3)[C@@]2(C)C2(CC2)C1.CC.CC.CO. The minimum atomic E-state index is -0.252. The molecule has 226 valence electrons. The van der Waals surface area contributed by atoms with Crippen molar-refractivity contribution in [2.24, 2.45) is 28.1 Å². The molecule has 0 aromatic heterocycles. The first-order valence-corrected chi connectivity index (χ1v) is 15.3. The van der Waals surface area contributed by atoms with Gasteiger partial charge in [0.2, 0.25) is 0 Å². The summed E-state index contributed by atoms with van der Waals surface area (Å²) in [5.74, 6) is 2.42. The van der Waals surface area contributed by atoms with E-state index in [2.05, 4.69) is 58.2 Å². The van der Waals surface area contributed by atoms with E-state index in [4.69, 9.17) is 14.9 Å². The van der Waals surface area contributed by atoms with Gasteiger partial charge in [-0.2, -0.15) is 0 Å². The van der Waals surface area contributed by atoms with Gasteiger partial charge in [-0.1, -0.05) is 99.3 Å². The maximum Gasteiger partial charge on any atom is 0.0979 e. The molecular formula is C35H62O4. The van der Waals surface area contributed by atoms with Gasteiger partial charge in [-0.15, -0.1) is 0 Å². The van der Waals surface area contributed by atoms with E-state index in [0.29, 0.717) is 23.7 Å². The van der Waals surface area contributed by atoms with Crippen LogP contribution in [0.4, 0.5) is 0 Å². The zero-order chi connectivity index (χ0) is 30.6. The number of hydrogen-bond acceptors (Lipinski definition) is 4. The van der Waals surface area contributed by atoms with Crippen molar-refractivity contribution in [2.45, 2.75) is 126 Å². The van der Waals surface area contributed by atoms with Crippen LogP contribution >= 0.6 is 0 Å². The number of aliphatic hydroxyl groups is 3. The monoisotopic (exact) mass is 546 g/mol. The maximum absolute atomic E-state index is 10.0. The molecular weight excluding hydrogens is 484 g/mol. The topological polar surface area (TPSA) is 69.9 Å². The minimum Gasteiger partial charge on any atom is -0.512 e. The van der Waals surface area contributed by atoms with E-state index in [1.807, 2.05) is 48.5 Å². The van der Waals surface area contributed by atoms with E-state index in [1.165, 1.54) is 24.0 Å². The first kappa shape index (κ1) is 37.2. The Bertz CT molecular complexity index is 846. The largest absolute Gasteiger partial charge is 0.512 e. The molecule has 2 fully saturated rings. The van der Waals surface area contributed by atoms with Crippen molar-refractivity contribution in [2.75, 3.05) is 7.11 Å². The van der Waals surface area contributed by atoms with Gasteiger partial charge in [-0.25, -0.2) is 0 Å². The summed E-state index contributed by atoms with van der Waals surface area (Å²) >= 11 is 0. The van der Waals surface area contributed by atoms with Crippen molar-refractivity contribution in [1.82, 2.24) is 0 Å². The van der Waals surface area contributed by atoms with Crippen LogP contribution in [0.3, 0.4) is 0 Å². The molecule has 0 amide bonds. The molecule has 1 unspecified atom stereocenters. The normalized spacial score (nSPS) is 30.7. The van der Waals surface area contributed by atoms with Gasteiger partial charge in [0.05, 0.1) is 23.7 Å². The Kier molecular flexibility index (Phi) is 15.7. The van der Waals surface area contributed by atoms with Gasteiger partial charge in [-0.05, 0) is 67.9 Å². The predicted molar refractivity (Wildman–Crippen MR) is 169 cm³/mol. The van der Waals surface area contributed by atoms with Crippen LogP contribution in [-0.2, 0) is 4.74 Å². The average Bonchev–Trinajstić information content (AvgIpc) is 3.69. The lowest BCUT2D eigenvalue weighted by molar-refractivity contribution is 0.00907. The summed E-state index contributed by atoms with van der Waals surface area (Å²) in [6, 6.07) is 0. The average molecular weight is 547 g/mol. The molecule has 4 aliphatic rings. The Morgan fingerprint density at radius 3 is 2.15 bits per heavy atom. The van der Waals surface area contributed by atoms with Gasteiger partial charge >= 0.3 is 0 Å². The Balaban J connectivity index is 0.000000877. The Morgan fingerprint density at radius 2 is 1.72 bits per heavy atom. The zero-order valence-corrected chi connectivity index (χ0v) is 27.2. The number of aliphatic hydroxyl groups excluding tert-OH is 3. The van der Waals surface area contributed by atoms with Crippen LogP contribution in [0.25, 0.3) is 0 Å². The standard InChI is InChI=1S/C23H32O2.C7H14O.2C2H6.CH4O/c1-15-11-18-6-5-16(2)21(22(18,4)23(14-15)9-10-23)8-7-20-13-19(24)12-17(3)25-20;1-5-7(3,4)6(2)8;3*1-2/h5-7,11,16-17,19,21,24H,1,8-10,12-14H2,2-4H3;8H,2,5H2,1,3-4H3;2*1-2H3;2H,1H3/b20-7+;;;;/t16-,17?,19-,21-,22-;;;;/m0..../s1. The van der Waals surface area contributed by atoms with E-state index in [9.17, 15) is 5.11 Å². The van der Waals surface area contributed by atoms with Crippen molar-refractivity contribution < 1.29 is 20.1 Å². The van der Waals surface area contributed by atoms with Crippen molar-refractivity contribution in [1.29, 1.82) is 0 Å². The summed E-state index contributed by atoms with van der Waals surface area (Å²) in [6.07, 6.45) is 16.4. The minimum absolute atomic E-state index is 0.0972. The van der Waals surface area contributed by atoms with E-state index in [0.717, 1.165) is 38.6 Å². The lowest BCUT2D eigenvalue weighted by atomic mass is 9.51. The second-order valence-electron chi connectivity index (χ2n) is 11.9. The Hall–Kier alpha value is -1.78. The fourth-order valence-electron chi connectivity index (χ4n) is 6.03. The van der Waals surface area contributed by atoms with Gasteiger partial charge in [0, 0.05) is 30.8 Å². The third kappa shape index (κ3) is 9.11. The van der Waals surface area contributed by atoms with Crippen LogP contribution in [-0.4, -0.2) is 34.6 Å². The smallest absolute Gasteiger partial charge is 0.0979 e. The van der Waals surface area contributed by atoms with Crippen LogP contribution in [0, 0.1) is 28.1 Å². The summed E-state index contributed by atoms with van der Waals surface area (Å²) in [5.41, 5.74) is 3.35. The van der Waals surface area contributed by atoms with Gasteiger partial charge in [0.15, 0.2) is 0 Å². The van der Waals surface area contributed by atoms with E-state index in [1.54, 1.807) is 0 Å². The molecule has 3 N–H and O–H groups in total. The maximum atomic E-state index is 10.0. The predicted octanol–water partition coefficient (Wildman–Crippen LogP) is 9.47. The molecule has 0 aromatic carbocycles. The van der Waals surface area contributed by atoms with Gasteiger partial charge in [0.1, 0.15) is 0 Å². The van der Waals surface area contributed by atoms with Gasteiger partial charge < -0.3 is 20.1 Å². The van der Waals surface area contributed by atoms with Crippen LogP contribution in [0.1, 0.15) is 114 Å². The highest BCUT2D eigenvalue weighted by molar-refractivity contribution is 5.46. The van der Waals surface area contributed by atoms with Crippen molar-refractivity contribution >= 4 is 0 Å². The lowest BCUT2D eigenvalue weighted by Gasteiger charge is -2.52. The lowest BCUT2D eigenvalue weighted by Crippen LogP contribution is -2.44. The zero-order valence-electron chi connectivity index (χ0n) is 27.2. The second kappa shape index (κ2) is 16.5. The molecule has 1 saturated heterocycles. The molecule has 0 aromatic rings. The molecule has 1 heterocycles. The molecule has 5 atom stereocenters. The number of allylic oxidation sites excluding steroid dienone is 7. The van der Waals surface area contributed by atoms with Crippen molar-refractivity contribution in [3.05, 3.63) is 60.1 Å². The number of rotatable bonds is 4. The molecule has 39 heavy (non-hydrogen) atoms. The molecule has 3 aliphatic carbocycles. The third-order valence-corrected chi connectivity index (χ3v) is 9.09. The highest BCUT2D eigenvalue weighted by atomic mass is 16.5. The summed E-state index contributed by atoms with van der Waals surface area (Å²) in [7, 11) is 1.00. The summed E-state index contributed by atoms with van der Waals surface area (Å²) in [5, 5.41) is 25.9. The second-order valence-corrected chi connectivity index (χ2v) is 11.9.